The van der Waals surface area contributed by atoms with E-state index in [2.05, 4.69) is 11.2 Å². The Morgan fingerprint density at radius 2 is 2.25 bits per heavy atom. The van der Waals surface area contributed by atoms with Gasteiger partial charge in [-0.1, -0.05) is 5.92 Å². The fraction of sp³-hybridized carbons (Fsp3) is 0.714. The molecule has 4 nitrogen and oxygen atoms in total. The molecule has 0 aromatic heterocycles. The third kappa shape index (κ3) is 2.21. The van der Waals surface area contributed by atoms with Crippen LogP contribution in [-0.4, -0.2) is 43.7 Å². The molecular weight excluding hydrogens is 178 g/mol. The zero-order chi connectivity index (χ0) is 9.19. The van der Waals surface area contributed by atoms with Gasteiger partial charge in [-0.2, -0.15) is 0 Å². The number of aliphatic hydroxyl groups is 1. The molecule has 0 radical (unpaired) electrons. The van der Waals surface area contributed by atoms with Crippen molar-refractivity contribution in [2.45, 2.75) is 12.1 Å². The van der Waals surface area contributed by atoms with E-state index in [9.17, 15) is 13.5 Å². The molecule has 1 aliphatic rings. The van der Waals surface area contributed by atoms with E-state index < -0.39 is 22.0 Å². The molecule has 0 spiro atoms. The van der Waals surface area contributed by atoms with Crippen molar-refractivity contribution in [2.75, 3.05) is 18.1 Å². The van der Waals surface area contributed by atoms with E-state index >= 15 is 0 Å². The van der Waals surface area contributed by atoms with Gasteiger partial charge in [-0.3, -0.25) is 5.32 Å². The summed E-state index contributed by atoms with van der Waals surface area (Å²) in [6.07, 6.45) is 4.16. The first-order valence-electron chi connectivity index (χ1n) is 3.60. The molecule has 2 atom stereocenters. The largest absolute Gasteiger partial charge is 0.390 e. The maximum Gasteiger partial charge on any atom is 0.154 e. The van der Waals surface area contributed by atoms with Gasteiger partial charge in [-0.15, -0.1) is 6.42 Å². The molecule has 5 heteroatoms. The van der Waals surface area contributed by atoms with Gasteiger partial charge in [0.15, 0.2) is 9.84 Å². The first kappa shape index (κ1) is 9.52. The Bertz CT molecular complexity index is 290. The molecule has 1 fully saturated rings. The van der Waals surface area contributed by atoms with Gasteiger partial charge in [0, 0.05) is 6.04 Å². The molecule has 0 aromatic rings. The van der Waals surface area contributed by atoms with Crippen LogP contribution < -0.4 is 5.32 Å². The Hall–Kier alpha value is -0.570. The maximum atomic E-state index is 11.0. The number of aliphatic hydroxyl groups excluding tert-OH is 1. The van der Waals surface area contributed by atoms with Crippen LogP contribution in [0, 0.1) is 12.3 Å². The van der Waals surface area contributed by atoms with Crippen LogP contribution >= 0.6 is 0 Å². The lowest BCUT2D eigenvalue weighted by atomic mass is 10.2. The highest BCUT2D eigenvalue weighted by Gasteiger charge is 2.35. The van der Waals surface area contributed by atoms with Crippen LogP contribution in [0.4, 0.5) is 0 Å². The lowest BCUT2D eigenvalue weighted by Crippen LogP contribution is -2.38. The van der Waals surface area contributed by atoms with Crippen molar-refractivity contribution < 1.29 is 13.5 Å². The van der Waals surface area contributed by atoms with Crippen LogP contribution in [0.2, 0.25) is 0 Å². The van der Waals surface area contributed by atoms with Gasteiger partial charge in [0.2, 0.25) is 0 Å². The summed E-state index contributed by atoms with van der Waals surface area (Å²) < 4.78 is 21.9. The van der Waals surface area contributed by atoms with Gasteiger partial charge in [0.05, 0.1) is 24.2 Å². The summed E-state index contributed by atoms with van der Waals surface area (Å²) in [7, 11) is -3.06. The summed E-state index contributed by atoms with van der Waals surface area (Å²) in [5, 5.41) is 12.0. The van der Waals surface area contributed by atoms with Crippen LogP contribution in [0.3, 0.4) is 0 Å². The number of nitrogens with one attached hydrogen (secondary N) is 1. The number of rotatable bonds is 2. The van der Waals surface area contributed by atoms with Crippen LogP contribution in [-0.2, 0) is 9.84 Å². The number of hydrogen-bond donors (Lipinski definition) is 2. The minimum Gasteiger partial charge on any atom is -0.390 e. The minimum absolute atomic E-state index is 0.0180. The quantitative estimate of drug-likeness (QED) is 0.512. The van der Waals surface area contributed by atoms with Gasteiger partial charge in [-0.05, 0) is 0 Å². The van der Waals surface area contributed by atoms with Gasteiger partial charge in [-0.25, -0.2) is 8.42 Å². The van der Waals surface area contributed by atoms with Crippen LogP contribution in [0.1, 0.15) is 0 Å². The fourth-order valence-electron chi connectivity index (χ4n) is 1.21. The SMILES string of the molecule is C#CCN[C@H]1CS(=O)(=O)C[C@@H]1O. The van der Waals surface area contributed by atoms with Crippen molar-refractivity contribution in [3.8, 4) is 12.3 Å². The molecule has 0 unspecified atom stereocenters. The molecule has 0 amide bonds. The molecule has 0 aromatic carbocycles. The number of sulfone groups is 1. The van der Waals surface area contributed by atoms with Crippen molar-refractivity contribution >= 4 is 9.84 Å². The average Bonchev–Trinajstić information content (AvgIpc) is 2.20. The van der Waals surface area contributed by atoms with E-state index in [1.54, 1.807) is 0 Å². The van der Waals surface area contributed by atoms with Crippen LogP contribution in [0.5, 0.6) is 0 Å². The van der Waals surface area contributed by atoms with E-state index in [0.717, 1.165) is 0 Å². The van der Waals surface area contributed by atoms with E-state index in [-0.39, 0.29) is 18.1 Å². The third-order valence-electron chi connectivity index (χ3n) is 1.79. The minimum atomic E-state index is -3.06. The molecule has 12 heavy (non-hydrogen) atoms. The average molecular weight is 189 g/mol. The Labute approximate surface area is 71.9 Å². The number of terminal acetylenes is 1. The molecular formula is C7H11NO3S. The predicted molar refractivity (Wildman–Crippen MR) is 45.3 cm³/mol. The molecule has 68 valence electrons. The topological polar surface area (TPSA) is 66.4 Å². The Kier molecular flexibility index (Phi) is 2.73. The standard InChI is InChI=1S/C7H11NO3S/c1-2-3-8-6-4-12(10,11)5-7(6)9/h1,6-9H,3-5H2/t6-,7-/m0/s1. The first-order valence-corrected chi connectivity index (χ1v) is 5.42. The van der Waals surface area contributed by atoms with E-state index in [0.29, 0.717) is 0 Å². The van der Waals surface area contributed by atoms with E-state index in [1.807, 2.05) is 0 Å². The summed E-state index contributed by atoms with van der Waals surface area (Å²) >= 11 is 0. The normalized spacial score (nSPS) is 33.0. The van der Waals surface area contributed by atoms with Gasteiger partial charge >= 0.3 is 0 Å². The van der Waals surface area contributed by atoms with Crippen molar-refractivity contribution in [2.24, 2.45) is 0 Å². The molecule has 1 aliphatic heterocycles. The summed E-state index contributed by atoms with van der Waals surface area (Å²) in [5.41, 5.74) is 0. The Morgan fingerprint density at radius 3 is 2.67 bits per heavy atom. The highest BCUT2D eigenvalue weighted by atomic mass is 32.2. The third-order valence-corrected chi connectivity index (χ3v) is 3.51. The summed E-state index contributed by atoms with van der Waals surface area (Å²) in [6, 6.07) is -0.397. The zero-order valence-corrected chi connectivity index (χ0v) is 7.34. The highest BCUT2D eigenvalue weighted by molar-refractivity contribution is 7.91. The smallest absolute Gasteiger partial charge is 0.154 e. The van der Waals surface area contributed by atoms with Crippen molar-refractivity contribution in [1.82, 2.24) is 5.32 Å². The van der Waals surface area contributed by atoms with Crippen molar-refractivity contribution in [3.63, 3.8) is 0 Å². The second kappa shape index (κ2) is 3.44. The molecule has 0 bridgehead atoms. The van der Waals surface area contributed by atoms with E-state index in [1.165, 1.54) is 0 Å². The summed E-state index contributed by atoms with van der Waals surface area (Å²) in [4.78, 5) is 0. The Balaban J connectivity index is 2.54. The molecule has 1 heterocycles. The fourth-order valence-corrected chi connectivity index (χ4v) is 2.99. The van der Waals surface area contributed by atoms with Crippen LogP contribution in [0.15, 0.2) is 0 Å². The maximum absolute atomic E-state index is 11.0. The molecule has 1 rings (SSSR count). The molecule has 0 saturated carbocycles. The van der Waals surface area contributed by atoms with Crippen LogP contribution in [0.25, 0.3) is 0 Å². The monoisotopic (exact) mass is 189 g/mol. The van der Waals surface area contributed by atoms with Gasteiger partial charge in [0.25, 0.3) is 0 Å². The zero-order valence-electron chi connectivity index (χ0n) is 6.53. The lowest BCUT2D eigenvalue weighted by molar-refractivity contribution is 0.168. The summed E-state index contributed by atoms with van der Waals surface area (Å²) in [5.74, 6) is 2.15. The molecule has 0 aliphatic carbocycles. The second-order valence-corrected chi connectivity index (χ2v) is 4.99. The number of hydrogen-bond acceptors (Lipinski definition) is 4. The van der Waals surface area contributed by atoms with Crippen molar-refractivity contribution in [3.05, 3.63) is 0 Å². The van der Waals surface area contributed by atoms with E-state index in [4.69, 9.17) is 6.42 Å². The molecule has 1 saturated heterocycles. The van der Waals surface area contributed by atoms with Gasteiger partial charge < -0.3 is 5.11 Å². The predicted octanol–water partition coefficient (Wildman–Crippen LogP) is -1.63. The van der Waals surface area contributed by atoms with Gasteiger partial charge in [0.1, 0.15) is 0 Å². The Morgan fingerprint density at radius 1 is 1.58 bits per heavy atom. The first-order chi connectivity index (χ1) is 5.55. The molecule has 2 N–H and O–H groups in total. The lowest BCUT2D eigenvalue weighted by Gasteiger charge is -2.11. The summed E-state index contributed by atoms with van der Waals surface area (Å²) in [6.45, 7) is 0.289. The highest BCUT2D eigenvalue weighted by Crippen LogP contribution is 2.11. The van der Waals surface area contributed by atoms with Crippen molar-refractivity contribution in [1.29, 1.82) is 0 Å². The second-order valence-electron chi connectivity index (χ2n) is 2.84.